The Morgan fingerprint density at radius 1 is 1.69 bits per heavy atom. The van der Waals surface area contributed by atoms with E-state index in [1.54, 1.807) is 6.26 Å². The first-order chi connectivity index (χ1) is 6.06. The molecule has 0 aromatic rings. The highest BCUT2D eigenvalue weighted by Gasteiger charge is 2.44. The van der Waals surface area contributed by atoms with Crippen LogP contribution >= 0.6 is 19.3 Å². The zero-order valence-corrected chi connectivity index (χ0v) is 10.1. The average Bonchev–Trinajstić information content (AvgIpc) is 2.31. The summed E-state index contributed by atoms with van der Waals surface area (Å²) in [6.45, 7) is 6.89. The molecule has 1 rings (SSSR count). The maximum absolute atomic E-state index is 5.39. The summed E-state index contributed by atoms with van der Waals surface area (Å²) in [6, 6.07) is 0. The van der Waals surface area contributed by atoms with Gasteiger partial charge in [-0.2, -0.15) is 9.61 Å². The van der Waals surface area contributed by atoms with Crippen LogP contribution in [0.4, 0.5) is 0 Å². The monoisotopic (exact) mass is 222 g/mol. The smallest absolute Gasteiger partial charge is 0.287 e. The molecule has 3 nitrogen and oxygen atoms in total. The molecule has 0 saturated carbocycles. The summed E-state index contributed by atoms with van der Waals surface area (Å²) >= 11 is 4.35. The van der Waals surface area contributed by atoms with Crippen molar-refractivity contribution in [3.8, 4) is 0 Å². The molecule has 0 saturated heterocycles. The van der Waals surface area contributed by atoms with Crippen molar-refractivity contribution in [1.82, 2.24) is 5.09 Å². The summed E-state index contributed by atoms with van der Waals surface area (Å²) in [5, 5.41) is 3.19. The van der Waals surface area contributed by atoms with E-state index in [9.17, 15) is 0 Å². The zero-order valence-electron chi connectivity index (χ0n) is 8.28. The van der Waals surface area contributed by atoms with Crippen molar-refractivity contribution < 1.29 is 9.05 Å². The molecule has 1 N–H and O–H groups in total. The van der Waals surface area contributed by atoms with E-state index in [1.165, 1.54) is 0 Å². The van der Waals surface area contributed by atoms with Gasteiger partial charge in [0.25, 0.3) is 0 Å². The lowest BCUT2D eigenvalue weighted by molar-refractivity contribution is 0.315. The Morgan fingerprint density at radius 3 is 2.92 bits per heavy atom. The molecule has 0 aromatic carbocycles. The van der Waals surface area contributed by atoms with Crippen LogP contribution in [0.1, 0.15) is 27.2 Å². The van der Waals surface area contributed by atoms with E-state index in [4.69, 9.17) is 9.05 Å². The summed E-state index contributed by atoms with van der Waals surface area (Å²) in [5.41, 5.74) is 1.09. The molecular weight excluding hydrogens is 205 g/mol. The van der Waals surface area contributed by atoms with Gasteiger partial charge >= 0.3 is 7.07 Å². The predicted molar refractivity (Wildman–Crippen MR) is 59.3 cm³/mol. The molecule has 13 heavy (non-hydrogen) atoms. The molecule has 1 aliphatic heterocycles. The summed E-state index contributed by atoms with van der Waals surface area (Å²) in [4.78, 5) is 0. The molecule has 0 radical (unpaired) electrons. The highest BCUT2D eigenvalue weighted by Crippen LogP contribution is 2.65. The minimum atomic E-state index is -2.08. The molecule has 0 bridgehead atoms. The van der Waals surface area contributed by atoms with Crippen molar-refractivity contribution in [1.29, 1.82) is 0 Å². The fourth-order valence-electron chi connectivity index (χ4n) is 1.14. The molecule has 1 atom stereocenters. The van der Waals surface area contributed by atoms with Gasteiger partial charge in [-0.1, -0.05) is 13.8 Å². The summed E-state index contributed by atoms with van der Waals surface area (Å²) in [7, 11) is -2.08. The van der Waals surface area contributed by atoms with Gasteiger partial charge in [0.05, 0.1) is 24.6 Å². The van der Waals surface area contributed by atoms with Gasteiger partial charge in [0, 0.05) is 0 Å². The second kappa shape index (κ2) is 4.54. The Hall–Kier alpha value is 0.0800. The van der Waals surface area contributed by atoms with E-state index in [-0.39, 0.29) is 0 Å². The standard InChI is InChI=1S/C8H17NO2PS/c1-4-10-12(13)9-8(6-11-12)5-7(2)3/h6-7,9,13H,4-5H2,1-3H3/q+1. The zero-order chi connectivity index (χ0) is 9.90. The highest BCUT2D eigenvalue weighted by molar-refractivity contribution is 8.48. The van der Waals surface area contributed by atoms with Crippen LogP contribution in [0.3, 0.4) is 0 Å². The lowest BCUT2D eigenvalue weighted by Crippen LogP contribution is -2.10. The minimum absolute atomic E-state index is 0.615. The van der Waals surface area contributed by atoms with E-state index in [2.05, 4.69) is 31.2 Å². The van der Waals surface area contributed by atoms with E-state index < -0.39 is 7.07 Å². The third-order valence-corrected chi connectivity index (χ3v) is 4.05. The molecule has 1 unspecified atom stereocenters. The van der Waals surface area contributed by atoms with Gasteiger partial charge in [-0.3, -0.25) is 4.52 Å². The maximum atomic E-state index is 5.39. The lowest BCUT2D eigenvalue weighted by Gasteiger charge is -2.11. The normalized spacial score (nSPS) is 27.0. The largest absolute Gasteiger partial charge is 0.477 e. The number of thiol groups is 1. The van der Waals surface area contributed by atoms with Gasteiger partial charge in [-0.25, -0.2) is 0 Å². The highest BCUT2D eigenvalue weighted by atomic mass is 32.7. The van der Waals surface area contributed by atoms with E-state index in [1.807, 2.05) is 6.92 Å². The number of hydrogen-bond acceptors (Lipinski definition) is 4. The molecule has 0 fully saturated rings. The number of allylic oxidation sites excluding steroid dienone is 1. The summed E-state index contributed by atoms with van der Waals surface area (Å²) < 4.78 is 10.8. The van der Waals surface area contributed by atoms with Gasteiger partial charge in [0.1, 0.15) is 0 Å². The molecule has 1 aliphatic rings. The molecule has 0 aliphatic carbocycles. The Morgan fingerprint density at radius 2 is 2.38 bits per heavy atom. The van der Waals surface area contributed by atoms with Crippen molar-refractivity contribution in [2.24, 2.45) is 5.92 Å². The van der Waals surface area contributed by atoms with Crippen LogP contribution in [-0.4, -0.2) is 6.61 Å². The van der Waals surface area contributed by atoms with Crippen molar-refractivity contribution in [2.75, 3.05) is 6.61 Å². The Labute approximate surface area is 85.6 Å². The molecule has 76 valence electrons. The van der Waals surface area contributed by atoms with E-state index >= 15 is 0 Å². The molecular formula is C8H17NO2PS+. The average molecular weight is 222 g/mol. The minimum Gasteiger partial charge on any atom is -0.287 e. The topological polar surface area (TPSA) is 30.5 Å². The number of rotatable bonds is 4. The molecule has 0 aromatic heterocycles. The van der Waals surface area contributed by atoms with Gasteiger partial charge in [-0.15, -0.1) is 0 Å². The first-order valence-electron chi connectivity index (χ1n) is 4.48. The number of hydrogen-bond donors (Lipinski definition) is 2. The van der Waals surface area contributed by atoms with Gasteiger partial charge in [0.2, 0.25) is 0 Å². The maximum Gasteiger partial charge on any atom is 0.477 e. The fraction of sp³-hybridized carbons (Fsp3) is 0.750. The van der Waals surface area contributed by atoms with Crippen molar-refractivity contribution in [3.63, 3.8) is 0 Å². The van der Waals surface area contributed by atoms with Crippen LogP contribution < -0.4 is 5.09 Å². The summed E-state index contributed by atoms with van der Waals surface area (Å²) in [6.07, 6.45) is 2.71. The quantitative estimate of drug-likeness (QED) is 0.566. The molecule has 1 heterocycles. The van der Waals surface area contributed by atoms with Gasteiger partial charge in [0.15, 0.2) is 6.26 Å². The van der Waals surface area contributed by atoms with Crippen molar-refractivity contribution in [2.45, 2.75) is 27.2 Å². The van der Waals surface area contributed by atoms with Crippen LogP contribution in [0.5, 0.6) is 0 Å². The lowest BCUT2D eigenvalue weighted by atomic mass is 10.1. The van der Waals surface area contributed by atoms with Crippen molar-refractivity contribution in [3.05, 3.63) is 12.0 Å². The first-order valence-corrected chi connectivity index (χ1v) is 7.25. The molecule has 0 amide bonds. The van der Waals surface area contributed by atoms with Crippen LogP contribution in [0.2, 0.25) is 0 Å². The van der Waals surface area contributed by atoms with Crippen LogP contribution in [0, 0.1) is 5.92 Å². The Balaban J connectivity index is 2.40. The van der Waals surface area contributed by atoms with Crippen LogP contribution in [-0.2, 0) is 9.05 Å². The van der Waals surface area contributed by atoms with Crippen LogP contribution in [0.15, 0.2) is 12.0 Å². The van der Waals surface area contributed by atoms with Crippen LogP contribution in [0.25, 0.3) is 0 Å². The molecule has 5 heteroatoms. The third-order valence-electron chi connectivity index (χ3n) is 1.55. The SMILES string of the molecule is CCO[P+]1(S)NC(CC(C)C)=CO1. The van der Waals surface area contributed by atoms with Gasteiger partial charge in [-0.05, 0) is 19.3 Å². The number of nitrogens with one attached hydrogen (secondary N) is 1. The van der Waals surface area contributed by atoms with Gasteiger partial charge < -0.3 is 0 Å². The Bertz CT molecular complexity index is 210. The van der Waals surface area contributed by atoms with E-state index in [0.717, 1.165) is 12.1 Å². The first kappa shape index (κ1) is 11.2. The van der Waals surface area contributed by atoms with E-state index in [0.29, 0.717) is 12.5 Å². The molecule has 0 spiro atoms. The fourth-order valence-corrected chi connectivity index (χ4v) is 3.32. The second-order valence-electron chi connectivity index (χ2n) is 3.40. The second-order valence-corrected chi connectivity index (χ2v) is 6.71. The predicted octanol–water partition coefficient (Wildman–Crippen LogP) is 3.14. The Kier molecular flexibility index (Phi) is 3.89. The summed E-state index contributed by atoms with van der Waals surface area (Å²) in [5.74, 6) is 0.615. The third kappa shape index (κ3) is 3.37. The van der Waals surface area contributed by atoms with Crippen molar-refractivity contribution >= 4 is 19.3 Å².